The van der Waals surface area contributed by atoms with E-state index in [1.54, 1.807) is 0 Å². The lowest BCUT2D eigenvalue weighted by atomic mass is 10.1. The molecular weight excluding hydrogens is 348 g/mol. The van der Waals surface area contributed by atoms with Crippen LogP contribution in [0.3, 0.4) is 0 Å². The highest BCUT2D eigenvalue weighted by molar-refractivity contribution is 5.39. The van der Waals surface area contributed by atoms with Gasteiger partial charge in [0, 0.05) is 37.3 Å². The minimum Gasteiger partial charge on any atom is -0.493 e. The van der Waals surface area contributed by atoms with Gasteiger partial charge in [0.2, 0.25) is 0 Å². The number of hydrogen-bond donors (Lipinski definition) is 0. The van der Waals surface area contributed by atoms with E-state index in [4.69, 9.17) is 9.72 Å². The van der Waals surface area contributed by atoms with Gasteiger partial charge in [-0.05, 0) is 55.1 Å². The molecule has 2 aliphatic rings. The number of aryl methyl sites for hydroxylation is 1. The molecule has 0 radical (unpaired) electrons. The summed E-state index contributed by atoms with van der Waals surface area (Å²) in [7, 11) is 0. The van der Waals surface area contributed by atoms with Crippen LogP contribution in [0.5, 0.6) is 5.75 Å². The van der Waals surface area contributed by atoms with E-state index in [9.17, 15) is 0 Å². The zero-order chi connectivity index (χ0) is 18.9. The Labute approximate surface area is 166 Å². The van der Waals surface area contributed by atoms with Gasteiger partial charge in [0.15, 0.2) is 0 Å². The molecule has 1 unspecified atom stereocenters. The highest BCUT2D eigenvalue weighted by atomic mass is 16.5. The topological polar surface area (TPSA) is 43.2 Å². The van der Waals surface area contributed by atoms with Gasteiger partial charge in [0.05, 0.1) is 19.2 Å². The van der Waals surface area contributed by atoms with Gasteiger partial charge in [-0.15, -0.1) is 0 Å². The molecule has 1 fully saturated rings. The minimum absolute atomic E-state index is 0.370. The molecule has 0 spiro atoms. The molecule has 0 amide bonds. The fraction of sp³-hybridized carbons (Fsp3) is 0.391. The molecule has 5 rings (SSSR count). The van der Waals surface area contributed by atoms with Gasteiger partial charge >= 0.3 is 0 Å². The van der Waals surface area contributed by atoms with Crippen molar-refractivity contribution in [1.29, 1.82) is 0 Å². The molecule has 4 heterocycles. The number of rotatable bonds is 5. The summed E-state index contributed by atoms with van der Waals surface area (Å²) in [6.07, 6.45) is 9.19. The zero-order valence-electron chi connectivity index (χ0n) is 16.3. The predicted molar refractivity (Wildman–Crippen MR) is 108 cm³/mol. The van der Waals surface area contributed by atoms with Crippen LogP contribution in [0, 0.1) is 6.92 Å². The van der Waals surface area contributed by atoms with Gasteiger partial charge in [0.1, 0.15) is 11.6 Å². The van der Waals surface area contributed by atoms with E-state index < -0.39 is 0 Å². The number of fused-ring (bicyclic) bond motifs is 1. The summed E-state index contributed by atoms with van der Waals surface area (Å²) in [5.74, 6) is 2.24. The molecule has 5 heteroatoms. The summed E-state index contributed by atoms with van der Waals surface area (Å²) in [6.45, 7) is 5.88. The molecule has 28 heavy (non-hydrogen) atoms. The molecule has 1 atom stereocenters. The van der Waals surface area contributed by atoms with E-state index in [-0.39, 0.29) is 0 Å². The van der Waals surface area contributed by atoms with Gasteiger partial charge in [-0.3, -0.25) is 9.88 Å². The monoisotopic (exact) mass is 374 g/mol. The first-order valence-electron chi connectivity index (χ1n) is 10.2. The Kier molecular flexibility index (Phi) is 4.61. The number of pyridine rings is 1. The van der Waals surface area contributed by atoms with Crippen molar-refractivity contribution in [2.75, 3.05) is 13.2 Å². The number of likely N-dealkylation sites (tertiary alicyclic amines) is 1. The lowest BCUT2D eigenvalue weighted by molar-refractivity contribution is 0.235. The van der Waals surface area contributed by atoms with Crippen LogP contribution in [0.2, 0.25) is 0 Å². The summed E-state index contributed by atoms with van der Waals surface area (Å²) in [4.78, 5) is 11.7. The van der Waals surface area contributed by atoms with Crippen molar-refractivity contribution >= 4 is 0 Å². The van der Waals surface area contributed by atoms with Crippen LogP contribution in [-0.2, 0) is 19.5 Å². The zero-order valence-corrected chi connectivity index (χ0v) is 16.3. The third-order valence-electron chi connectivity index (χ3n) is 5.95. The van der Waals surface area contributed by atoms with Gasteiger partial charge in [-0.2, -0.15) is 0 Å². The van der Waals surface area contributed by atoms with E-state index in [0.29, 0.717) is 6.04 Å². The van der Waals surface area contributed by atoms with Crippen molar-refractivity contribution in [1.82, 2.24) is 19.4 Å². The van der Waals surface area contributed by atoms with E-state index in [1.807, 2.05) is 24.7 Å². The summed E-state index contributed by atoms with van der Waals surface area (Å²) in [5, 5.41) is 0. The summed E-state index contributed by atoms with van der Waals surface area (Å²) < 4.78 is 8.01. The van der Waals surface area contributed by atoms with Gasteiger partial charge in [-0.1, -0.05) is 18.2 Å². The highest BCUT2D eigenvalue weighted by Gasteiger charge is 2.30. The molecule has 0 bridgehead atoms. The fourth-order valence-corrected chi connectivity index (χ4v) is 4.51. The first-order valence-corrected chi connectivity index (χ1v) is 10.2. The maximum absolute atomic E-state index is 5.66. The molecule has 0 saturated carbocycles. The van der Waals surface area contributed by atoms with E-state index in [0.717, 1.165) is 44.8 Å². The van der Waals surface area contributed by atoms with E-state index >= 15 is 0 Å². The Hall–Kier alpha value is -2.66. The maximum Gasteiger partial charge on any atom is 0.126 e. The molecule has 0 aliphatic carbocycles. The molecule has 1 saturated heterocycles. The molecule has 144 valence electrons. The van der Waals surface area contributed by atoms with Crippen LogP contribution in [0.25, 0.3) is 0 Å². The Bertz CT molecular complexity index is 966. The lowest BCUT2D eigenvalue weighted by Gasteiger charge is -2.25. The number of benzene rings is 1. The normalized spacial score (nSPS) is 19.0. The second-order valence-corrected chi connectivity index (χ2v) is 7.87. The molecule has 5 nitrogen and oxygen atoms in total. The molecule has 1 aromatic carbocycles. The SMILES string of the molecule is Cc1cnc(C2CCCN2Cc2ccc3c(c2)CCO3)n1Cc1cccnc1. The predicted octanol–water partition coefficient (Wildman–Crippen LogP) is 3.91. The standard InChI is InChI=1S/C23H26N4O/c1-17-13-25-23(27(17)16-19-4-2-9-24-14-19)21-5-3-10-26(21)15-18-6-7-22-20(12-18)8-11-28-22/h2,4,6-7,9,12-14,21H,3,5,8,10-11,15-16H2,1H3. The molecule has 3 aromatic rings. The molecule has 0 N–H and O–H groups in total. The lowest BCUT2D eigenvalue weighted by Crippen LogP contribution is -2.25. The third-order valence-corrected chi connectivity index (χ3v) is 5.95. The second-order valence-electron chi connectivity index (χ2n) is 7.87. The Morgan fingerprint density at radius 1 is 1.14 bits per heavy atom. The third kappa shape index (κ3) is 3.31. The Morgan fingerprint density at radius 2 is 2.11 bits per heavy atom. The van der Waals surface area contributed by atoms with Crippen LogP contribution in [-0.4, -0.2) is 32.6 Å². The first-order chi connectivity index (χ1) is 13.8. The smallest absolute Gasteiger partial charge is 0.126 e. The van der Waals surface area contributed by atoms with Crippen LogP contribution in [0.4, 0.5) is 0 Å². The van der Waals surface area contributed by atoms with Crippen LogP contribution >= 0.6 is 0 Å². The number of nitrogens with zero attached hydrogens (tertiary/aromatic N) is 4. The largest absolute Gasteiger partial charge is 0.493 e. The van der Waals surface area contributed by atoms with Crippen LogP contribution < -0.4 is 4.74 Å². The number of hydrogen-bond acceptors (Lipinski definition) is 4. The quantitative estimate of drug-likeness (QED) is 0.679. The van der Waals surface area contributed by atoms with Gasteiger partial charge in [0.25, 0.3) is 0 Å². The van der Waals surface area contributed by atoms with E-state index in [1.165, 1.54) is 34.6 Å². The van der Waals surface area contributed by atoms with E-state index in [2.05, 4.69) is 45.6 Å². The Balaban J connectivity index is 1.38. The van der Waals surface area contributed by atoms with Crippen molar-refractivity contribution in [3.8, 4) is 5.75 Å². The van der Waals surface area contributed by atoms with Gasteiger partial charge < -0.3 is 9.30 Å². The molecule has 2 aliphatic heterocycles. The first kappa shape index (κ1) is 17.4. The van der Waals surface area contributed by atoms with Crippen LogP contribution in [0.1, 0.15) is 47.1 Å². The average molecular weight is 374 g/mol. The number of imidazole rings is 1. The van der Waals surface area contributed by atoms with Crippen molar-refractivity contribution in [3.05, 3.63) is 77.1 Å². The second kappa shape index (κ2) is 7.40. The van der Waals surface area contributed by atoms with Crippen molar-refractivity contribution in [2.45, 2.75) is 45.3 Å². The minimum atomic E-state index is 0.370. The fourth-order valence-electron chi connectivity index (χ4n) is 4.51. The summed E-state index contributed by atoms with van der Waals surface area (Å²) in [5.41, 5.74) is 5.15. The highest BCUT2D eigenvalue weighted by Crippen LogP contribution is 2.34. The van der Waals surface area contributed by atoms with Crippen molar-refractivity contribution in [2.24, 2.45) is 0 Å². The number of ether oxygens (including phenoxy) is 1. The van der Waals surface area contributed by atoms with Crippen molar-refractivity contribution in [3.63, 3.8) is 0 Å². The molecule has 2 aromatic heterocycles. The molecular formula is C23H26N4O. The number of aromatic nitrogens is 3. The Morgan fingerprint density at radius 3 is 3.00 bits per heavy atom. The summed E-state index contributed by atoms with van der Waals surface area (Å²) >= 11 is 0. The summed E-state index contributed by atoms with van der Waals surface area (Å²) in [6, 6.07) is 11.2. The maximum atomic E-state index is 5.66. The average Bonchev–Trinajstić information content (AvgIpc) is 3.44. The van der Waals surface area contributed by atoms with Gasteiger partial charge in [-0.25, -0.2) is 4.98 Å². The van der Waals surface area contributed by atoms with Crippen LogP contribution in [0.15, 0.2) is 48.9 Å². The van der Waals surface area contributed by atoms with Crippen molar-refractivity contribution < 1.29 is 4.74 Å².